The van der Waals surface area contributed by atoms with Gasteiger partial charge >= 0.3 is 0 Å². The summed E-state index contributed by atoms with van der Waals surface area (Å²) in [6, 6.07) is 14.9. The molecule has 134 valence electrons. The highest BCUT2D eigenvalue weighted by Crippen LogP contribution is 2.28. The van der Waals surface area contributed by atoms with Crippen LogP contribution in [0.5, 0.6) is 5.75 Å². The van der Waals surface area contributed by atoms with Crippen LogP contribution in [0.1, 0.15) is 12.5 Å². The van der Waals surface area contributed by atoms with Crippen LogP contribution in [0.25, 0.3) is 11.5 Å². The van der Waals surface area contributed by atoms with Gasteiger partial charge in [0.1, 0.15) is 5.75 Å². The van der Waals surface area contributed by atoms with Crippen molar-refractivity contribution >= 4 is 23.4 Å². The summed E-state index contributed by atoms with van der Waals surface area (Å²) in [5, 5.41) is 10.9. The molecule has 3 aromatic rings. The summed E-state index contributed by atoms with van der Waals surface area (Å²) in [5.74, 6) is 1.05. The summed E-state index contributed by atoms with van der Waals surface area (Å²) in [7, 11) is 1.60. The topological polar surface area (TPSA) is 77.2 Å². The Bertz CT molecular complexity index is 893. The molecular formula is C19H19N3O3S. The van der Waals surface area contributed by atoms with Gasteiger partial charge in [0, 0.05) is 11.3 Å². The van der Waals surface area contributed by atoms with E-state index in [0.29, 0.717) is 16.8 Å². The molecule has 0 unspecified atom stereocenters. The number of amides is 1. The third-order valence-corrected chi connectivity index (χ3v) is 4.72. The van der Waals surface area contributed by atoms with Crippen molar-refractivity contribution in [2.75, 3.05) is 12.4 Å². The van der Waals surface area contributed by atoms with Crippen molar-refractivity contribution in [3.05, 3.63) is 54.1 Å². The Morgan fingerprint density at radius 1 is 1.15 bits per heavy atom. The van der Waals surface area contributed by atoms with Crippen LogP contribution < -0.4 is 10.1 Å². The average molecular weight is 369 g/mol. The minimum absolute atomic E-state index is 0.143. The van der Waals surface area contributed by atoms with Crippen LogP contribution in [0.3, 0.4) is 0 Å². The molecule has 0 fully saturated rings. The number of methoxy groups -OCH3 is 1. The quantitative estimate of drug-likeness (QED) is 0.657. The molecular weight excluding hydrogens is 350 g/mol. The van der Waals surface area contributed by atoms with Gasteiger partial charge in [-0.2, -0.15) is 0 Å². The molecule has 0 aliphatic rings. The maximum Gasteiger partial charge on any atom is 0.277 e. The van der Waals surface area contributed by atoms with Crippen LogP contribution in [-0.2, 0) is 4.79 Å². The van der Waals surface area contributed by atoms with Crippen molar-refractivity contribution < 1.29 is 13.9 Å². The zero-order chi connectivity index (χ0) is 18.5. The molecule has 26 heavy (non-hydrogen) atoms. The number of carbonyl (C=O) groups is 1. The predicted molar refractivity (Wildman–Crippen MR) is 101 cm³/mol. The monoisotopic (exact) mass is 369 g/mol. The largest absolute Gasteiger partial charge is 0.497 e. The van der Waals surface area contributed by atoms with Gasteiger partial charge in [-0.3, -0.25) is 4.79 Å². The van der Waals surface area contributed by atoms with Crippen molar-refractivity contribution in [1.82, 2.24) is 10.2 Å². The van der Waals surface area contributed by atoms with E-state index in [1.807, 2.05) is 31.2 Å². The number of nitrogens with zero attached hydrogens (tertiary/aromatic N) is 2. The molecule has 0 aliphatic heterocycles. The number of rotatable bonds is 6. The molecule has 1 heterocycles. The SMILES string of the molecule is COc1ccc(NC(=O)[C@@H](C)Sc2nnc(-c3ccccc3C)o2)cc1. The fourth-order valence-corrected chi connectivity index (χ4v) is 2.99. The van der Waals surface area contributed by atoms with E-state index in [1.54, 1.807) is 38.3 Å². The van der Waals surface area contributed by atoms with Crippen molar-refractivity contribution in [2.24, 2.45) is 0 Å². The van der Waals surface area contributed by atoms with E-state index in [2.05, 4.69) is 15.5 Å². The smallest absolute Gasteiger partial charge is 0.277 e. The Balaban J connectivity index is 1.63. The van der Waals surface area contributed by atoms with E-state index in [-0.39, 0.29) is 11.2 Å². The second-order valence-corrected chi connectivity index (χ2v) is 6.96. The Morgan fingerprint density at radius 2 is 1.88 bits per heavy atom. The van der Waals surface area contributed by atoms with Gasteiger partial charge in [-0.05, 0) is 49.7 Å². The lowest BCUT2D eigenvalue weighted by Crippen LogP contribution is -2.22. The number of thioether (sulfide) groups is 1. The normalized spacial score (nSPS) is 11.8. The highest BCUT2D eigenvalue weighted by atomic mass is 32.2. The molecule has 1 atom stereocenters. The van der Waals surface area contributed by atoms with Crippen molar-refractivity contribution in [1.29, 1.82) is 0 Å². The van der Waals surface area contributed by atoms with E-state index in [9.17, 15) is 4.79 Å². The lowest BCUT2D eigenvalue weighted by molar-refractivity contribution is -0.115. The number of nitrogens with one attached hydrogen (secondary N) is 1. The first kappa shape index (κ1) is 18.0. The van der Waals surface area contributed by atoms with Gasteiger partial charge < -0.3 is 14.5 Å². The van der Waals surface area contributed by atoms with E-state index in [1.165, 1.54) is 11.8 Å². The number of hydrogen-bond acceptors (Lipinski definition) is 6. The number of carbonyl (C=O) groups excluding carboxylic acids is 1. The fourth-order valence-electron chi connectivity index (χ4n) is 2.30. The molecule has 1 N–H and O–H groups in total. The number of hydrogen-bond donors (Lipinski definition) is 1. The van der Waals surface area contributed by atoms with E-state index in [0.717, 1.165) is 16.9 Å². The van der Waals surface area contributed by atoms with Gasteiger partial charge in [0.2, 0.25) is 11.8 Å². The minimum atomic E-state index is -0.387. The molecule has 7 heteroatoms. The first-order valence-electron chi connectivity index (χ1n) is 8.08. The third-order valence-electron chi connectivity index (χ3n) is 3.79. The lowest BCUT2D eigenvalue weighted by Gasteiger charge is -2.10. The Morgan fingerprint density at radius 3 is 2.58 bits per heavy atom. The van der Waals surface area contributed by atoms with E-state index >= 15 is 0 Å². The molecule has 6 nitrogen and oxygen atoms in total. The number of ether oxygens (including phenoxy) is 1. The third kappa shape index (κ3) is 4.23. The second-order valence-electron chi connectivity index (χ2n) is 5.67. The standard InChI is InChI=1S/C19H19N3O3S/c1-12-6-4-5-7-16(12)18-21-22-19(25-18)26-13(2)17(23)20-14-8-10-15(24-3)11-9-14/h4-11,13H,1-3H3,(H,20,23)/t13-/m1/s1. The van der Waals surface area contributed by atoms with Gasteiger partial charge in [-0.25, -0.2) is 0 Å². The predicted octanol–water partition coefficient (Wildman–Crippen LogP) is 4.17. The van der Waals surface area contributed by atoms with Crippen molar-refractivity contribution in [2.45, 2.75) is 24.3 Å². The van der Waals surface area contributed by atoms with Crippen molar-refractivity contribution in [3.63, 3.8) is 0 Å². The summed E-state index contributed by atoms with van der Waals surface area (Å²) < 4.78 is 10.8. The van der Waals surface area contributed by atoms with Crippen molar-refractivity contribution in [3.8, 4) is 17.2 Å². The first-order chi connectivity index (χ1) is 12.6. The van der Waals surface area contributed by atoms with Crippen LogP contribution in [0.4, 0.5) is 5.69 Å². The van der Waals surface area contributed by atoms with Gasteiger partial charge in [0.15, 0.2) is 0 Å². The Hall–Kier alpha value is -2.80. The summed E-state index contributed by atoms with van der Waals surface area (Å²) in [6.07, 6.45) is 0. The zero-order valence-corrected chi connectivity index (χ0v) is 15.5. The Labute approximate surface area is 156 Å². The summed E-state index contributed by atoms with van der Waals surface area (Å²) in [6.45, 7) is 3.78. The molecule has 2 aromatic carbocycles. The highest BCUT2D eigenvalue weighted by molar-refractivity contribution is 8.00. The lowest BCUT2D eigenvalue weighted by atomic mass is 10.1. The number of anilines is 1. The average Bonchev–Trinajstić information content (AvgIpc) is 3.11. The molecule has 0 spiro atoms. The van der Waals surface area contributed by atoms with Crippen LogP contribution in [0.15, 0.2) is 58.2 Å². The molecule has 1 amide bonds. The highest BCUT2D eigenvalue weighted by Gasteiger charge is 2.19. The fraction of sp³-hybridized carbons (Fsp3) is 0.211. The molecule has 1 aromatic heterocycles. The summed E-state index contributed by atoms with van der Waals surface area (Å²) in [4.78, 5) is 12.3. The number of benzene rings is 2. The summed E-state index contributed by atoms with van der Waals surface area (Å²) >= 11 is 1.22. The molecule has 0 bridgehead atoms. The van der Waals surface area contributed by atoms with Crippen LogP contribution in [0.2, 0.25) is 0 Å². The molecule has 3 rings (SSSR count). The zero-order valence-electron chi connectivity index (χ0n) is 14.7. The second kappa shape index (κ2) is 8.05. The Kier molecular flexibility index (Phi) is 5.58. The number of aromatic nitrogens is 2. The maximum atomic E-state index is 12.3. The van der Waals surface area contributed by atoms with E-state index in [4.69, 9.17) is 9.15 Å². The number of aryl methyl sites for hydroxylation is 1. The maximum absolute atomic E-state index is 12.3. The minimum Gasteiger partial charge on any atom is -0.497 e. The van der Waals surface area contributed by atoms with Gasteiger partial charge in [-0.1, -0.05) is 30.0 Å². The molecule has 0 saturated carbocycles. The van der Waals surface area contributed by atoms with Gasteiger partial charge in [0.05, 0.1) is 12.4 Å². The summed E-state index contributed by atoms with van der Waals surface area (Å²) in [5.41, 5.74) is 2.65. The van der Waals surface area contributed by atoms with E-state index < -0.39 is 0 Å². The van der Waals surface area contributed by atoms with Gasteiger partial charge in [-0.15, -0.1) is 10.2 Å². The van der Waals surface area contributed by atoms with Crippen LogP contribution in [0, 0.1) is 6.92 Å². The first-order valence-corrected chi connectivity index (χ1v) is 8.96. The molecule has 0 aliphatic carbocycles. The molecule has 0 radical (unpaired) electrons. The van der Waals surface area contributed by atoms with Gasteiger partial charge in [0.25, 0.3) is 5.22 Å². The molecule has 0 saturated heterocycles. The van der Waals surface area contributed by atoms with Crippen LogP contribution in [-0.4, -0.2) is 28.5 Å². The van der Waals surface area contributed by atoms with Crippen LogP contribution >= 0.6 is 11.8 Å².